The minimum Gasteiger partial charge on any atom is -0.326 e. The number of nitrogens with zero attached hydrogens (tertiary/aromatic N) is 1. The van der Waals surface area contributed by atoms with Crippen molar-refractivity contribution >= 4 is 39.9 Å². The fraction of sp³-hybridized carbons (Fsp3) is 0.158. The Kier molecular flexibility index (Phi) is 5.40. The molecule has 2 aromatic carbocycles. The summed E-state index contributed by atoms with van der Waals surface area (Å²) in [6, 6.07) is 15.8. The van der Waals surface area contributed by atoms with Crippen LogP contribution < -0.4 is 16.2 Å². The predicted octanol–water partition coefficient (Wildman–Crippen LogP) is 4.17. The average Bonchev–Trinajstić information content (AvgIpc) is 2.65. The van der Waals surface area contributed by atoms with Gasteiger partial charge in [-0.2, -0.15) is 0 Å². The Labute approximate surface area is 151 Å². The van der Waals surface area contributed by atoms with Gasteiger partial charge in [-0.1, -0.05) is 48.5 Å². The van der Waals surface area contributed by atoms with Crippen LogP contribution in [0.5, 0.6) is 0 Å². The first-order chi connectivity index (χ1) is 12.1. The van der Waals surface area contributed by atoms with Gasteiger partial charge in [-0.15, -0.1) is 0 Å². The SMILES string of the molecule is CCC(=O)Nc1ccc(C2=CSC(=Nc3ccc(C)cc3)NN2)cc1. The van der Waals surface area contributed by atoms with Crippen molar-refractivity contribution in [2.45, 2.75) is 20.3 Å². The van der Waals surface area contributed by atoms with Crippen molar-refractivity contribution in [1.82, 2.24) is 10.9 Å². The van der Waals surface area contributed by atoms with Gasteiger partial charge in [0.05, 0.1) is 11.4 Å². The van der Waals surface area contributed by atoms with E-state index in [4.69, 9.17) is 0 Å². The van der Waals surface area contributed by atoms with E-state index in [9.17, 15) is 4.79 Å². The number of nitrogens with one attached hydrogen (secondary N) is 3. The molecule has 0 saturated carbocycles. The zero-order chi connectivity index (χ0) is 17.6. The lowest BCUT2D eigenvalue weighted by Crippen LogP contribution is -2.36. The summed E-state index contributed by atoms with van der Waals surface area (Å²) >= 11 is 1.53. The number of benzene rings is 2. The van der Waals surface area contributed by atoms with Gasteiger partial charge in [0.15, 0.2) is 5.17 Å². The summed E-state index contributed by atoms with van der Waals surface area (Å²) in [6.45, 7) is 3.89. The van der Waals surface area contributed by atoms with Crippen LogP contribution in [0.3, 0.4) is 0 Å². The molecule has 0 saturated heterocycles. The number of amides is 1. The van der Waals surface area contributed by atoms with Gasteiger partial charge in [0, 0.05) is 23.1 Å². The summed E-state index contributed by atoms with van der Waals surface area (Å²) < 4.78 is 0. The van der Waals surface area contributed by atoms with E-state index in [0.29, 0.717) is 6.42 Å². The highest BCUT2D eigenvalue weighted by Gasteiger charge is 2.10. The Hall–Kier alpha value is -2.73. The van der Waals surface area contributed by atoms with Crippen LogP contribution in [-0.4, -0.2) is 11.1 Å². The normalized spacial score (nSPS) is 15.1. The van der Waals surface area contributed by atoms with Gasteiger partial charge in [-0.3, -0.25) is 15.6 Å². The number of carbonyl (C=O) groups is 1. The second-order valence-electron chi connectivity index (χ2n) is 5.63. The molecular weight excluding hydrogens is 332 g/mol. The van der Waals surface area contributed by atoms with Crippen molar-refractivity contribution in [3.8, 4) is 0 Å². The Balaban J connectivity index is 1.66. The summed E-state index contributed by atoms with van der Waals surface area (Å²) in [6.07, 6.45) is 0.470. The summed E-state index contributed by atoms with van der Waals surface area (Å²) in [5.41, 5.74) is 11.2. The molecule has 0 radical (unpaired) electrons. The smallest absolute Gasteiger partial charge is 0.224 e. The van der Waals surface area contributed by atoms with Crippen LogP contribution in [0.15, 0.2) is 58.9 Å². The Morgan fingerprint density at radius 2 is 1.80 bits per heavy atom. The molecule has 0 spiro atoms. The monoisotopic (exact) mass is 352 g/mol. The van der Waals surface area contributed by atoms with Crippen molar-refractivity contribution in [3.63, 3.8) is 0 Å². The number of anilines is 1. The molecule has 25 heavy (non-hydrogen) atoms. The number of amidine groups is 1. The van der Waals surface area contributed by atoms with Gasteiger partial charge in [0.2, 0.25) is 5.91 Å². The molecule has 0 aromatic heterocycles. The maximum Gasteiger partial charge on any atom is 0.224 e. The van der Waals surface area contributed by atoms with Gasteiger partial charge < -0.3 is 5.32 Å². The van der Waals surface area contributed by atoms with Crippen molar-refractivity contribution in [2.75, 3.05) is 5.32 Å². The van der Waals surface area contributed by atoms with Gasteiger partial charge in [0.25, 0.3) is 0 Å². The van der Waals surface area contributed by atoms with E-state index in [1.807, 2.05) is 60.9 Å². The highest BCUT2D eigenvalue weighted by molar-refractivity contribution is 8.16. The molecule has 0 aliphatic carbocycles. The fourth-order valence-electron chi connectivity index (χ4n) is 2.21. The van der Waals surface area contributed by atoms with Crippen LogP contribution in [0.2, 0.25) is 0 Å². The molecule has 1 aliphatic rings. The molecule has 1 amide bonds. The molecule has 128 valence electrons. The fourth-order valence-corrected chi connectivity index (χ4v) is 2.90. The Morgan fingerprint density at radius 1 is 1.08 bits per heavy atom. The van der Waals surface area contributed by atoms with Crippen LogP contribution in [0.1, 0.15) is 24.5 Å². The first-order valence-corrected chi connectivity index (χ1v) is 8.96. The van der Waals surface area contributed by atoms with Crippen LogP contribution >= 0.6 is 11.8 Å². The van der Waals surface area contributed by atoms with Crippen LogP contribution in [0.4, 0.5) is 11.4 Å². The largest absolute Gasteiger partial charge is 0.326 e. The predicted molar refractivity (Wildman–Crippen MR) is 105 cm³/mol. The zero-order valence-corrected chi connectivity index (χ0v) is 15.0. The van der Waals surface area contributed by atoms with Crippen LogP contribution in [-0.2, 0) is 4.79 Å². The second kappa shape index (κ2) is 7.90. The lowest BCUT2D eigenvalue weighted by atomic mass is 10.1. The summed E-state index contributed by atoms with van der Waals surface area (Å²) in [5, 5.41) is 5.65. The molecule has 1 aliphatic heterocycles. The average molecular weight is 352 g/mol. The standard InChI is InChI=1S/C19H20N4OS/c1-3-18(24)20-15-10-6-14(7-11-15)17-12-25-19(23-22-17)21-16-8-4-13(2)5-9-16/h4-12,22H,3H2,1-2H3,(H,20,24)(H,21,23). The molecule has 2 aromatic rings. The first-order valence-electron chi connectivity index (χ1n) is 8.08. The van der Waals surface area contributed by atoms with E-state index in [2.05, 4.69) is 28.1 Å². The lowest BCUT2D eigenvalue weighted by molar-refractivity contribution is -0.115. The number of hydrogen-bond acceptors (Lipinski definition) is 4. The molecule has 6 heteroatoms. The number of rotatable bonds is 4. The number of aryl methyl sites for hydroxylation is 1. The van der Waals surface area contributed by atoms with Crippen molar-refractivity contribution < 1.29 is 4.79 Å². The minimum absolute atomic E-state index is 0.0111. The van der Waals surface area contributed by atoms with E-state index < -0.39 is 0 Å². The number of aliphatic imine (C=N–C) groups is 1. The molecule has 0 fully saturated rings. The Bertz CT molecular complexity index is 810. The molecular formula is C19H20N4OS. The molecule has 0 unspecified atom stereocenters. The van der Waals surface area contributed by atoms with E-state index in [0.717, 1.165) is 27.8 Å². The quantitative estimate of drug-likeness (QED) is 0.773. The van der Waals surface area contributed by atoms with E-state index in [1.165, 1.54) is 17.3 Å². The third-order valence-corrected chi connectivity index (χ3v) is 4.43. The van der Waals surface area contributed by atoms with Gasteiger partial charge >= 0.3 is 0 Å². The highest BCUT2D eigenvalue weighted by atomic mass is 32.2. The number of carbonyl (C=O) groups excluding carboxylic acids is 1. The van der Waals surface area contributed by atoms with Gasteiger partial charge in [-0.05, 0) is 31.2 Å². The summed E-state index contributed by atoms with van der Waals surface area (Å²) in [5.74, 6) is 0.0111. The number of hydrazine groups is 1. The molecule has 0 bridgehead atoms. The maximum absolute atomic E-state index is 11.4. The lowest BCUT2D eigenvalue weighted by Gasteiger charge is -2.19. The minimum atomic E-state index is 0.0111. The molecule has 1 heterocycles. The second-order valence-corrected chi connectivity index (χ2v) is 6.49. The third kappa shape index (κ3) is 4.64. The van der Waals surface area contributed by atoms with E-state index in [-0.39, 0.29) is 5.91 Å². The van der Waals surface area contributed by atoms with E-state index >= 15 is 0 Å². The molecule has 3 N–H and O–H groups in total. The number of thioether (sulfide) groups is 1. The van der Waals surface area contributed by atoms with Crippen molar-refractivity contribution in [2.24, 2.45) is 4.99 Å². The Morgan fingerprint density at radius 3 is 2.40 bits per heavy atom. The highest BCUT2D eigenvalue weighted by Crippen LogP contribution is 2.23. The van der Waals surface area contributed by atoms with Crippen LogP contribution in [0.25, 0.3) is 5.70 Å². The van der Waals surface area contributed by atoms with Gasteiger partial charge in [-0.25, -0.2) is 4.99 Å². The first kappa shape index (κ1) is 17.1. The zero-order valence-electron chi connectivity index (χ0n) is 14.2. The summed E-state index contributed by atoms with van der Waals surface area (Å²) in [4.78, 5) is 16.0. The van der Waals surface area contributed by atoms with Crippen LogP contribution in [0, 0.1) is 6.92 Å². The third-order valence-electron chi connectivity index (χ3n) is 3.66. The molecule has 5 nitrogen and oxygen atoms in total. The van der Waals surface area contributed by atoms with E-state index in [1.54, 1.807) is 0 Å². The summed E-state index contributed by atoms with van der Waals surface area (Å²) in [7, 11) is 0. The topological polar surface area (TPSA) is 65.5 Å². The van der Waals surface area contributed by atoms with Crippen molar-refractivity contribution in [1.29, 1.82) is 0 Å². The molecule has 0 atom stereocenters. The van der Waals surface area contributed by atoms with Crippen molar-refractivity contribution in [3.05, 3.63) is 65.1 Å². The maximum atomic E-state index is 11.4. The molecule has 3 rings (SSSR count). The number of hydrogen-bond donors (Lipinski definition) is 3. The van der Waals surface area contributed by atoms with Gasteiger partial charge in [0.1, 0.15) is 0 Å².